The highest BCUT2D eigenvalue weighted by Gasteiger charge is 2.22. The molecule has 5 heteroatoms. The number of rotatable bonds is 6. The second-order valence-corrected chi connectivity index (χ2v) is 4.20. The van der Waals surface area contributed by atoms with Crippen LogP contribution in [0.25, 0.3) is 0 Å². The third-order valence-corrected chi connectivity index (χ3v) is 2.68. The first-order chi connectivity index (χ1) is 7.79. The van der Waals surface area contributed by atoms with Crippen molar-refractivity contribution in [2.75, 3.05) is 7.05 Å². The molecule has 0 bridgehead atoms. The Bertz CT molecular complexity index is 357. The standard InChI is InChI=1S/C11H18N4O/c1-12-6-10-7-13-8-15(10)5-4-11(16)14-9-2-3-9/h7-9,12H,2-6H2,1H3,(H,14,16). The summed E-state index contributed by atoms with van der Waals surface area (Å²) < 4.78 is 2.02. The highest BCUT2D eigenvalue weighted by molar-refractivity contribution is 5.76. The van der Waals surface area contributed by atoms with E-state index < -0.39 is 0 Å². The normalized spacial score (nSPS) is 15.1. The van der Waals surface area contributed by atoms with Gasteiger partial charge in [0.1, 0.15) is 0 Å². The Morgan fingerprint density at radius 2 is 2.44 bits per heavy atom. The lowest BCUT2D eigenvalue weighted by atomic mass is 10.3. The van der Waals surface area contributed by atoms with Crippen molar-refractivity contribution in [2.24, 2.45) is 0 Å². The van der Waals surface area contributed by atoms with Crippen LogP contribution in [0.3, 0.4) is 0 Å². The van der Waals surface area contributed by atoms with Crippen LogP contribution < -0.4 is 10.6 Å². The molecule has 1 aliphatic carbocycles. The van der Waals surface area contributed by atoms with Gasteiger partial charge in [-0.05, 0) is 19.9 Å². The molecule has 0 spiro atoms. The minimum atomic E-state index is 0.145. The minimum Gasteiger partial charge on any atom is -0.353 e. The average Bonchev–Trinajstić information content (AvgIpc) is 2.95. The zero-order chi connectivity index (χ0) is 11.4. The third kappa shape index (κ3) is 3.06. The molecule has 16 heavy (non-hydrogen) atoms. The van der Waals surface area contributed by atoms with Crippen LogP contribution in [-0.2, 0) is 17.9 Å². The van der Waals surface area contributed by atoms with Crippen LogP contribution in [0.2, 0.25) is 0 Å². The largest absolute Gasteiger partial charge is 0.353 e. The number of nitrogens with zero attached hydrogens (tertiary/aromatic N) is 2. The number of carbonyl (C=O) groups is 1. The summed E-state index contributed by atoms with van der Waals surface area (Å²) in [5.41, 5.74) is 1.11. The lowest BCUT2D eigenvalue weighted by Gasteiger charge is -2.07. The maximum Gasteiger partial charge on any atom is 0.222 e. The molecule has 0 atom stereocenters. The Kier molecular flexibility index (Phi) is 3.56. The van der Waals surface area contributed by atoms with Gasteiger partial charge in [0.25, 0.3) is 0 Å². The minimum absolute atomic E-state index is 0.145. The van der Waals surface area contributed by atoms with E-state index in [1.807, 2.05) is 17.8 Å². The molecule has 0 aliphatic heterocycles. The van der Waals surface area contributed by atoms with Crippen molar-refractivity contribution >= 4 is 5.91 Å². The molecule has 1 aromatic rings. The Hall–Kier alpha value is -1.36. The van der Waals surface area contributed by atoms with Crippen molar-refractivity contribution in [2.45, 2.75) is 38.4 Å². The zero-order valence-corrected chi connectivity index (χ0v) is 9.57. The number of hydrogen-bond acceptors (Lipinski definition) is 3. The van der Waals surface area contributed by atoms with Gasteiger partial charge in [-0.15, -0.1) is 0 Å². The fourth-order valence-electron chi connectivity index (χ4n) is 1.63. The molecule has 2 N–H and O–H groups in total. The predicted molar refractivity (Wildman–Crippen MR) is 60.8 cm³/mol. The van der Waals surface area contributed by atoms with Gasteiger partial charge >= 0.3 is 0 Å². The number of carbonyl (C=O) groups excluding carboxylic acids is 1. The quantitative estimate of drug-likeness (QED) is 0.726. The number of hydrogen-bond donors (Lipinski definition) is 2. The zero-order valence-electron chi connectivity index (χ0n) is 9.57. The summed E-state index contributed by atoms with van der Waals surface area (Å²) in [7, 11) is 1.90. The molecule has 0 saturated heterocycles. The fraction of sp³-hybridized carbons (Fsp3) is 0.636. The van der Waals surface area contributed by atoms with Crippen LogP contribution in [0.4, 0.5) is 0 Å². The monoisotopic (exact) mass is 222 g/mol. The van der Waals surface area contributed by atoms with Gasteiger partial charge in [-0.1, -0.05) is 0 Å². The molecule has 88 valence electrons. The maximum atomic E-state index is 11.5. The highest BCUT2D eigenvalue weighted by atomic mass is 16.1. The molecule has 5 nitrogen and oxygen atoms in total. The van der Waals surface area contributed by atoms with Gasteiger partial charge in [-0.25, -0.2) is 4.98 Å². The first kappa shape index (κ1) is 11.1. The van der Waals surface area contributed by atoms with Gasteiger partial charge in [0.05, 0.1) is 12.0 Å². The van der Waals surface area contributed by atoms with Crippen molar-refractivity contribution < 1.29 is 4.79 Å². The Morgan fingerprint density at radius 1 is 1.62 bits per heavy atom. The lowest BCUT2D eigenvalue weighted by Crippen LogP contribution is -2.26. The first-order valence-electron chi connectivity index (χ1n) is 5.72. The summed E-state index contributed by atoms with van der Waals surface area (Å²) in [6.07, 6.45) is 6.42. The molecule has 1 aliphatic rings. The van der Waals surface area contributed by atoms with E-state index in [4.69, 9.17) is 0 Å². The Morgan fingerprint density at radius 3 is 3.12 bits per heavy atom. The molecular formula is C11H18N4O. The molecule has 0 aromatic carbocycles. The van der Waals surface area contributed by atoms with E-state index in [2.05, 4.69) is 15.6 Å². The predicted octanol–water partition coefficient (Wildman–Crippen LogP) is 0.271. The molecule has 2 rings (SSSR count). The van der Waals surface area contributed by atoms with Crippen molar-refractivity contribution in [3.05, 3.63) is 18.2 Å². The molecule has 1 aromatic heterocycles. The van der Waals surface area contributed by atoms with Crippen molar-refractivity contribution in [1.29, 1.82) is 0 Å². The molecular weight excluding hydrogens is 204 g/mol. The van der Waals surface area contributed by atoms with E-state index in [0.717, 1.165) is 25.1 Å². The SMILES string of the molecule is CNCc1cncn1CCC(=O)NC1CC1. The molecule has 0 unspecified atom stereocenters. The lowest BCUT2D eigenvalue weighted by molar-refractivity contribution is -0.121. The van der Waals surface area contributed by atoms with Gasteiger partial charge in [-0.3, -0.25) is 4.79 Å². The Balaban J connectivity index is 1.78. The first-order valence-corrected chi connectivity index (χ1v) is 5.72. The van der Waals surface area contributed by atoms with Crippen LogP contribution in [0, 0.1) is 0 Å². The summed E-state index contributed by atoms with van der Waals surface area (Å²) in [5, 5.41) is 6.06. The third-order valence-electron chi connectivity index (χ3n) is 2.68. The van der Waals surface area contributed by atoms with Gasteiger partial charge in [0.15, 0.2) is 0 Å². The van der Waals surface area contributed by atoms with E-state index in [0.29, 0.717) is 19.0 Å². The van der Waals surface area contributed by atoms with Crippen LogP contribution >= 0.6 is 0 Å². The van der Waals surface area contributed by atoms with E-state index >= 15 is 0 Å². The number of amides is 1. The summed E-state index contributed by atoms with van der Waals surface area (Å²) in [5.74, 6) is 0.145. The van der Waals surface area contributed by atoms with Crippen LogP contribution in [0.5, 0.6) is 0 Å². The smallest absolute Gasteiger partial charge is 0.222 e. The molecule has 1 saturated carbocycles. The molecule has 1 fully saturated rings. The van der Waals surface area contributed by atoms with Gasteiger partial charge in [-0.2, -0.15) is 0 Å². The van der Waals surface area contributed by atoms with Gasteiger partial charge in [0, 0.05) is 31.7 Å². The maximum absolute atomic E-state index is 11.5. The average molecular weight is 222 g/mol. The number of aryl methyl sites for hydroxylation is 1. The second kappa shape index (κ2) is 5.12. The summed E-state index contributed by atoms with van der Waals surface area (Å²) in [4.78, 5) is 15.6. The fourth-order valence-corrected chi connectivity index (χ4v) is 1.63. The van der Waals surface area contributed by atoms with Gasteiger partial charge in [0.2, 0.25) is 5.91 Å². The van der Waals surface area contributed by atoms with E-state index in [1.165, 1.54) is 0 Å². The summed E-state index contributed by atoms with van der Waals surface area (Å²) in [6.45, 7) is 1.49. The topological polar surface area (TPSA) is 59.0 Å². The van der Waals surface area contributed by atoms with Gasteiger partial charge < -0.3 is 15.2 Å². The second-order valence-electron chi connectivity index (χ2n) is 4.20. The highest BCUT2D eigenvalue weighted by Crippen LogP contribution is 2.18. The van der Waals surface area contributed by atoms with Crippen LogP contribution in [-0.4, -0.2) is 28.5 Å². The van der Waals surface area contributed by atoms with Crippen molar-refractivity contribution in [3.8, 4) is 0 Å². The Labute approximate surface area is 95.2 Å². The van der Waals surface area contributed by atoms with E-state index in [1.54, 1.807) is 6.33 Å². The molecule has 1 heterocycles. The summed E-state index contributed by atoms with van der Waals surface area (Å²) >= 11 is 0. The number of imidazole rings is 1. The van der Waals surface area contributed by atoms with Crippen molar-refractivity contribution in [1.82, 2.24) is 20.2 Å². The number of aromatic nitrogens is 2. The van der Waals surface area contributed by atoms with E-state index in [9.17, 15) is 4.79 Å². The number of nitrogens with one attached hydrogen (secondary N) is 2. The van der Waals surface area contributed by atoms with Crippen molar-refractivity contribution in [3.63, 3.8) is 0 Å². The summed E-state index contributed by atoms with van der Waals surface area (Å²) in [6, 6.07) is 0.451. The van der Waals surface area contributed by atoms with E-state index in [-0.39, 0.29) is 5.91 Å². The van der Waals surface area contributed by atoms with Crippen LogP contribution in [0.1, 0.15) is 25.0 Å². The molecule has 0 radical (unpaired) electrons. The van der Waals surface area contributed by atoms with Crippen LogP contribution in [0.15, 0.2) is 12.5 Å². The molecule has 1 amide bonds.